The zero-order valence-electron chi connectivity index (χ0n) is 12.0. The van der Waals surface area contributed by atoms with Crippen LogP contribution in [0.4, 0.5) is 0 Å². The summed E-state index contributed by atoms with van der Waals surface area (Å²) in [5.74, 6) is -0.174. The molecule has 1 saturated carbocycles. The molecule has 1 fully saturated rings. The van der Waals surface area contributed by atoms with Crippen LogP contribution in [0.25, 0.3) is 10.8 Å². The highest BCUT2D eigenvalue weighted by atomic mass is 16.5. The number of nitrogens with one attached hydrogen (secondary N) is 1. The second-order valence-corrected chi connectivity index (χ2v) is 5.52. The summed E-state index contributed by atoms with van der Waals surface area (Å²) < 4.78 is 5.31. The molecule has 110 valence electrons. The highest BCUT2D eigenvalue weighted by Crippen LogP contribution is 2.29. The number of hydrogen-bond acceptors (Lipinski definition) is 3. The second kappa shape index (κ2) is 5.74. The molecule has 0 heterocycles. The van der Waals surface area contributed by atoms with Gasteiger partial charge in [0.1, 0.15) is 5.75 Å². The maximum Gasteiger partial charge on any atom is 0.255 e. The first-order valence-electron chi connectivity index (χ1n) is 7.23. The van der Waals surface area contributed by atoms with Gasteiger partial charge in [-0.3, -0.25) is 4.79 Å². The fourth-order valence-electron chi connectivity index (χ4n) is 2.99. The Hall–Kier alpha value is -2.07. The minimum atomic E-state index is -0.222. The fraction of sp³-hybridized carbons (Fsp3) is 0.353. The Bertz CT molecular complexity index is 668. The van der Waals surface area contributed by atoms with Crippen molar-refractivity contribution in [2.75, 3.05) is 7.11 Å². The lowest BCUT2D eigenvalue weighted by atomic mass is 10.0. The predicted molar refractivity (Wildman–Crippen MR) is 81.5 cm³/mol. The number of rotatable bonds is 3. The Kier molecular flexibility index (Phi) is 3.80. The maximum absolute atomic E-state index is 12.3. The van der Waals surface area contributed by atoms with Gasteiger partial charge in [0.15, 0.2) is 0 Å². The Morgan fingerprint density at radius 2 is 2.05 bits per heavy atom. The van der Waals surface area contributed by atoms with Crippen molar-refractivity contribution >= 4 is 16.7 Å². The number of benzene rings is 2. The van der Waals surface area contributed by atoms with Crippen LogP contribution in [-0.4, -0.2) is 30.3 Å². The van der Waals surface area contributed by atoms with Crippen LogP contribution in [0.15, 0.2) is 36.4 Å². The normalized spacial score (nSPS) is 21.6. The van der Waals surface area contributed by atoms with Crippen LogP contribution in [0, 0.1) is 0 Å². The third-order valence-electron chi connectivity index (χ3n) is 4.20. The summed E-state index contributed by atoms with van der Waals surface area (Å²) in [7, 11) is 1.70. The molecule has 0 bridgehead atoms. The van der Waals surface area contributed by atoms with Gasteiger partial charge in [0.25, 0.3) is 5.91 Å². The lowest BCUT2D eigenvalue weighted by molar-refractivity contribution is 0.0913. The molecule has 2 aromatic rings. The Morgan fingerprint density at radius 1 is 1.24 bits per heavy atom. The molecule has 1 aliphatic carbocycles. The van der Waals surface area contributed by atoms with Gasteiger partial charge in [0, 0.05) is 18.5 Å². The van der Waals surface area contributed by atoms with Crippen LogP contribution in [0.5, 0.6) is 5.75 Å². The lowest BCUT2D eigenvalue weighted by Crippen LogP contribution is -2.33. The van der Waals surface area contributed by atoms with E-state index in [1.165, 1.54) is 0 Å². The zero-order valence-corrected chi connectivity index (χ0v) is 12.0. The summed E-state index contributed by atoms with van der Waals surface area (Å²) in [6.45, 7) is 0. The number of ether oxygens (including phenoxy) is 1. The number of carbonyl (C=O) groups excluding carboxylic acids is 1. The summed E-state index contributed by atoms with van der Waals surface area (Å²) in [6, 6.07) is 11.1. The second-order valence-electron chi connectivity index (χ2n) is 5.52. The van der Waals surface area contributed by atoms with Crippen molar-refractivity contribution in [2.45, 2.75) is 31.4 Å². The molecule has 0 saturated heterocycles. The SMILES string of the molecule is COC1CCC(NC(=O)c2ccc3ccccc3c2O)C1. The highest BCUT2D eigenvalue weighted by molar-refractivity contribution is 6.03. The minimum absolute atomic E-state index is 0.0480. The van der Waals surface area contributed by atoms with Crippen LogP contribution in [0.3, 0.4) is 0 Å². The minimum Gasteiger partial charge on any atom is -0.506 e. The van der Waals surface area contributed by atoms with E-state index in [9.17, 15) is 9.90 Å². The molecule has 2 N–H and O–H groups in total. The van der Waals surface area contributed by atoms with E-state index in [4.69, 9.17) is 4.74 Å². The molecule has 4 nitrogen and oxygen atoms in total. The molecule has 4 heteroatoms. The molecule has 1 aliphatic rings. The van der Waals surface area contributed by atoms with E-state index < -0.39 is 0 Å². The fourth-order valence-corrected chi connectivity index (χ4v) is 2.99. The molecule has 0 spiro atoms. The lowest BCUT2D eigenvalue weighted by Gasteiger charge is -2.14. The van der Waals surface area contributed by atoms with Crippen molar-refractivity contribution in [3.05, 3.63) is 42.0 Å². The van der Waals surface area contributed by atoms with Crippen LogP contribution in [0.2, 0.25) is 0 Å². The van der Waals surface area contributed by atoms with Gasteiger partial charge in [-0.05, 0) is 30.7 Å². The van der Waals surface area contributed by atoms with Gasteiger partial charge < -0.3 is 15.2 Å². The van der Waals surface area contributed by atoms with E-state index in [0.29, 0.717) is 10.9 Å². The Labute approximate surface area is 123 Å². The largest absolute Gasteiger partial charge is 0.506 e. The number of fused-ring (bicyclic) bond motifs is 1. The van der Waals surface area contributed by atoms with Crippen molar-refractivity contribution in [2.24, 2.45) is 0 Å². The third kappa shape index (κ3) is 2.72. The third-order valence-corrected chi connectivity index (χ3v) is 4.20. The van der Waals surface area contributed by atoms with Gasteiger partial charge in [-0.2, -0.15) is 0 Å². The molecular weight excluding hydrogens is 266 g/mol. The van der Waals surface area contributed by atoms with E-state index in [1.54, 1.807) is 13.2 Å². The van der Waals surface area contributed by atoms with Gasteiger partial charge in [0.05, 0.1) is 11.7 Å². The van der Waals surface area contributed by atoms with Crippen LogP contribution >= 0.6 is 0 Å². The number of aromatic hydroxyl groups is 1. The molecule has 2 aromatic carbocycles. The van der Waals surface area contributed by atoms with Crippen LogP contribution in [-0.2, 0) is 4.74 Å². The number of hydrogen-bond donors (Lipinski definition) is 2. The van der Waals surface area contributed by atoms with E-state index >= 15 is 0 Å². The maximum atomic E-state index is 12.3. The summed E-state index contributed by atoms with van der Waals surface area (Å²) in [5.41, 5.74) is 0.328. The van der Waals surface area contributed by atoms with E-state index in [0.717, 1.165) is 24.6 Å². The number of phenols is 1. The first-order chi connectivity index (χ1) is 10.2. The number of phenolic OH excluding ortho intramolecular Hbond substituents is 1. The van der Waals surface area contributed by atoms with Crippen molar-refractivity contribution in [1.29, 1.82) is 0 Å². The quantitative estimate of drug-likeness (QED) is 0.911. The summed E-state index contributed by atoms with van der Waals surface area (Å²) in [5, 5.41) is 14.9. The Balaban J connectivity index is 1.80. The van der Waals surface area contributed by atoms with Gasteiger partial charge in [-0.1, -0.05) is 30.3 Å². The molecule has 0 radical (unpaired) electrons. The average Bonchev–Trinajstić information content (AvgIpc) is 2.95. The average molecular weight is 285 g/mol. The van der Waals surface area contributed by atoms with Gasteiger partial charge in [-0.15, -0.1) is 0 Å². The van der Waals surface area contributed by atoms with Gasteiger partial charge in [0.2, 0.25) is 0 Å². The van der Waals surface area contributed by atoms with Crippen LogP contribution < -0.4 is 5.32 Å². The monoisotopic (exact) mass is 285 g/mol. The molecule has 0 aliphatic heterocycles. The highest BCUT2D eigenvalue weighted by Gasteiger charge is 2.26. The summed E-state index contributed by atoms with van der Waals surface area (Å²) >= 11 is 0. The Morgan fingerprint density at radius 3 is 2.81 bits per heavy atom. The topological polar surface area (TPSA) is 58.6 Å². The number of carbonyl (C=O) groups is 1. The molecule has 0 aromatic heterocycles. The van der Waals surface area contributed by atoms with E-state index in [-0.39, 0.29) is 23.8 Å². The number of methoxy groups -OCH3 is 1. The summed E-state index contributed by atoms with van der Waals surface area (Å²) in [4.78, 5) is 12.3. The van der Waals surface area contributed by atoms with Crippen LogP contribution in [0.1, 0.15) is 29.6 Å². The number of amides is 1. The van der Waals surface area contributed by atoms with Crippen molar-refractivity contribution < 1.29 is 14.6 Å². The molecule has 2 atom stereocenters. The molecule has 2 unspecified atom stereocenters. The van der Waals surface area contributed by atoms with Crippen molar-refractivity contribution in [1.82, 2.24) is 5.32 Å². The smallest absolute Gasteiger partial charge is 0.255 e. The van der Waals surface area contributed by atoms with Gasteiger partial charge in [-0.25, -0.2) is 0 Å². The van der Waals surface area contributed by atoms with Gasteiger partial charge >= 0.3 is 0 Å². The summed E-state index contributed by atoms with van der Waals surface area (Å²) in [6.07, 6.45) is 2.93. The first kappa shape index (κ1) is 13.9. The molecular formula is C17H19NO3. The molecule has 3 rings (SSSR count). The van der Waals surface area contributed by atoms with E-state index in [1.807, 2.05) is 30.3 Å². The molecule has 21 heavy (non-hydrogen) atoms. The zero-order chi connectivity index (χ0) is 14.8. The van der Waals surface area contributed by atoms with Crippen molar-refractivity contribution in [3.63, 3.8) is 0 Å². The first-order valence-corrected chi connectivity index (χ1v) is 7.23. The van der Waals surface area contributed by atoms with Crippen molar-refractivity contribution in [3.8, 4) is 5.75 Å². The molecule has 1 amide bonds. The van der Waals surface area contributed by atoms with E-state index in [2.05, 4.69) is 5.32 Å². The predicted octanol–water partition coefficient (Wildman–Crippen LogP) is 2.84. The standard InChI is InChI=1S/C17H19NO3/c1-21-13-8-7-12(10-13)18-17(20)15-9-6-11-4-2-3-5-14(11)16(15)19/h2-6,9,12-13,19H,7-8,10H2,1H3,(H,18,20).